The molecule has 0 saturated heterocycles. The van der Waals surface area contributed by atoms with Gasteiger partial charge in [-0.1, -0.05) is 12.8 Å². The summed E-state index contributed by atoms with van der Waals surface area (Å²) in [6.07, 6.45) is 2.56. The van der Waals surface area contributed by atoms with Crippen molar-refractivity contribution in [3.05, 3.63) is 33.9 Å². The van der Waals surface area contributed by atoms with Crippen molar-refractivity contribution in [1.29, 1.82) is 0 Å². The van der Waals surface area contributed by atoms with Crippen LogP contribution in [0.4, 0.5) is 16.2 Å². The van der Waals surface area contributed by atoms with E-state index in [0.717, 1.165) is 31.7 Å². The molecule has 0 aliphatic heterocycles. The lowest BCUT2D eigenvalue weighted by molar-refractivity contribution is -0.384. The van der Waals surface area contributed by atoms with Crippen LogP contribution >= 0.6 is 0 Å². The van der Waals surface area contributed by atoms with Gasteiger partial charge in [-0.25, -0.2) is 9.59 Å². The van der Waals surface area contributed by atoms with Gasteiger partial charge in [-0.3, -0.25) is 20.2 Å². The predicted octanol–water partition coefficient (Wildman–Crippen LogP) is 1.97. The van der Waals surface area contributed by atoms with Crippen molar-refractivity contribution in [2.45, 2.75) is 44.8 Å². The van der Waals surface area contributed by atoms with Gasteiger partial charge < -0.3 is 15.0 Å². The lowest BCUT2D eigenvalue weighted by atomic mass is 10.1. The Bertz CT molecular complexity index is 773. The van der Waals surface area contributed by atoms with Crippen LogP contribution in [0.2, 0.25) is 0 Å². The number of carbonyl (C=O) groups is 3. The average Bonchev–Trinajstić information content (AvgIpc) is 3.13. The number of benzene rings is 1. The van der Waals surface area contributed by atoms with E-state index in [1.807, 2.05) is 0 Å². The van der Waals surface area contributed by atoms with Crippen molar-refractivity contribution in [2.24, 2.45) is 0 Å². The average molecular weight is 392 g/mol. The number of nitrogens with zero attached hydrogens (tertiary/aromatic N) is 2. The van der Waals surface area contributed by atoms with Gasteiger partial charge in [0.05, 0.1) is 10.5 Å². The number of rotatable bonds is 6. The monoisotopic (exact) mass is 392 g/mol. The molecule has 1 atom stereocenters. The minimum absolute atomic E-state index is 0.0430. The highest BCUT2D eigenvalue weighted by atomic mass is 16.6. The molecule has 10 heteroatoms. The van der Waals surface area contributed by atoms with Gasteiger partial charge in [0.15, 0.2) is 6.10 Å². The highest BCUT2D eigenvalue weighted by Gasteiger charge is 2.25. The maximum Gasteiger partial charge on any atom is 0.339 e. The fourth-order valence-electron chi connectivity index (χ4n) is 2.96. The molecule has 0 unspecified atom stereocenters. The molecule has 1 fully saturated rings. The molecule has 10 nitrogen and oxygen atoms in total. The van der Waals surface area contributed by atoms with Crippen LogP contribution in [-0.2, 0) is 9.53 Å². The molecule has 1 aromatic carbocycles. The maximum absolute atomic E-state index is 12.2. The topological polar surface area (TPSA) is 131 Å². The van der Waals surface area contributed by atoms with E-state index in [0.29, 0.717) is 5.69 Å². The van der Waals surface area contributed by atoms with Gasteiger partial charge in [-0.05, 0) is 31.9 Å². The first-order valence-electron chi connectivity index (χ1n) is 8.97. The summed E-state index contributed by atoms with van der Waals surface area (Å²) in [6.45, 7) is 1.32. The van der Waals surface area contributed by atoms with Gasteiger partial charge in [-0.15, -0.1) is 0 Å². The quantitative estimate of drug-likeness (QED) is 0.430. The van der Waals surface area contributed by atoms with Crippen molar-refractivity contribution in [3.8, 4) is 0 Å². The Labute approximate surface area is 162 Å². The Morgan fingerprint density at radius 3 is 2.46 bits per heavy atom. The highest BCUT2D eigenvalue weighted by Crippen LogP contribution is 2.28. The van der Waals surface area contributed by atoms with Gasteiger partial charge in [-0.2, -0.15) is 0 Å². The van der Waals surface area contributed by atoms with E-state index in [9.17, 15) is 24.5 Å². The van der Waals surface area contributed by atoms with Crippen LogP contribution in [0, 0.1) is 10.1 Å². The maximum atomic E-state index is 12.2. The number of nitro groups is 1. The summed E-state index contributed by atoms with van der Waals surface area (Å²) in [7, 11) is 3.28. The zero-order valence-corrected chi connectivity index (χ0v) is 16.1. The van der Waals surface area contributed by atoms with Crippen LogP contribution in [-0.4, -0.2) is 49.1 Å². The number of hydrogen-bond donors (Lipinski definition) is 2. The number of amides is 3. The fraction of sp³-hybridized carbons (Fsp3) is 0.500. The first-order chi connectivity index (χ1) is 13.2. The minimum Gasteiger partial charge on any atom is -0.449 e. The molecule has 1 aromatic rings. The molecule has 1 aliphatic carbocycles. The number of ether oxygens (including phenoxy) is 1. The number of urea groups is 1. The summed E-state index contributed by atoms with van der Waals surface area (Å²) in [5, 5.41) is 16.0. The summed E-state index contributed by atoms with van der Waals surface area (Å²) < 4.78 is 5.04. The normalized spacial score (nSPS) is 14.8. The van der Waals surface area contributed by atoms with Gasteiger partial charge >= 0.3 is 12.0 Å². The van der Waals surface area contributed by atoms with E-state index < -0.39 is 28.9 Å². The molecule has 0 radical (unpaired) electrons. The summed E-state index contributed by atoms with van der Waals surface area (Å²) in [5.74, 6) is -1.67. The van der Waals surface area contributed by atoms with E-state index in [-0.39, 0.29) is 17.3 Å². The predicted molar refractivity (Wildman–Crippen MR) is 101 cm³/mol. The molecular formula is C18H24N4O6. The molecule has 152 valence electrons. The molecule has 0 heterocycles. The highest BCUT2D eigenvalue weighted by molar-refractivity contribution is 5.99. The Morgan fingerprint density at radius 1 is 1.25 bits per heavy atom. The van der Waals surface area contributed by atoms with E-state index in [1.54, 1.807) is 19.0 Å². The van der Waals surface area contributed by atoms with Gasteiger partial charge in [0.2, 0.25) is 0 Å². The number of nitrogens with one attached hydrogen (secondary N) is 2. The number of hydrogen-bond acceptors (Lipinski definition) is 7. The lowest BCUT2D eigenvalue weighted by Crippen LogP contribution is -2.47. The Hall–Kier alpha value is -3.17. The van der Waals surface area contributed by atoms with Crippen LogP contribution in [0.3, 0.4) is 0 Å². The van der Waals surface area contributed by atoms with Crippen molar-refractivity contribution in [1.82, 2.24) is 10.6 Å². The van der Waals surface area contributed by atoms with Gasteiger partial charge in [0, 0.05) is 26.2 Å². The van der Waals surface area contributed by atoms with Gasteiger partial charge in [0.25, 0.3) is 11.6 Å². The third kappa shape index (κ3) is 5.41. The number of carbonyl (C=O) groups excluding carboxylic acids is 3. The van der Waals surface area contributed by atoms with E-state index >= 15 is 0 Å². The number of nitro benzene ring substituents is 1. The van der Waals surface area contributed by atoms with Crippen molar-refractivity contribution < 1.29 is 24.0 Å². The SMILES string of the molecule is C[C@@H](OC(=O)c1ccc(N(C)C)c([N+](=O)[O-])c1)C(=O)NC(=O)NC1CCCC1. The molecule has 0 spiro atoms. The third-order valence-corrected chi connectivity index (χ3v) is 4.47. The van der Waals surface area contributed by atoms with Crippen molar-refractivity contribution >= 4 is 29.3 Å². The van der Waals surface area contributed by atoms with Crippen LogP contribution in [0.15, 0.2) is 18.2 Å². The summed E-state index contributed by atoms with van der Waals surface area (Å²) in [4.78, 5) is 48.3. The molecule has 1 saturated carbocycles. The zero-order chi connectivity index (χ0) is 20.8. The number of esters is 1. The second kappa shape index (κ2) is 9.16. The lowest BCUT2D eigenvalue weighted by Gasteiger charge is -2.16. The molecular weight excluding hydrogens is 368 g/mol. The Balaban J connectivity index is 1.97. The zero-order valence-electron chi connectivity index (χ0n) is 16.1. The largest absolute Gasteiger partial charge is 0.449 e. The Kier molecular flexibility index (Phi) is 6.91. The van der Waals surface area contributed by atoms with Crippen molar-refractivity contribution in [3.63, 3.8) is 0 Å². The molecule has 2 N–H and O–H groups in total. The molecule has 0 bridgehead atoms. The first kappa shape index (κ1) is 21.1. The second-order valence-corrected chi connectivity index (χ2v) is 6.85. The summed E-state index contributed by atoms with van der Waals surface area (Å²) in [6, 6.07) is 3.30. The molecule has 1 aliphatic rings. The number of anilines is 1. The van der Waals surface area contributed by atoms with E-state index in [1.165, 1.54) is 19.1 Å². The van der Waals surface area contributed by atoms with Crippen LogP contribution < -0.4 is 15.5 Å². The van der Waals surface area contributed by atoms with Crippen LogP contribution in [0.5, 0.6) is 0 Å². The third-order valence-electron chi connectivity index (χ3n) is 4.47. The fourth-order valence-corrected chi connectivity index (χ4v) is 2.96. The molecule has 0 aromatic heterocycles. The molecule has 2 rings (SSSR count). The number of imide groups is 1. The smallest absolute Gasteiger partial charge is 0.339 e. The van der Waals surface area contributed by atoms with Crippen LogP contribution in [0.25, 0.3) is 0 Å². The van der Waals surface area contributed by atoms with Crippen molar-refractivity contribution in [2.75, 3.05) is 19.0 Å². The summed E-state index contributed by atoms with van der Waals surface area (Å²) >= 11 is 0. The standard InChI is InChI=1S/C18H24N4O6/c1-11(16(23)20-18(25)19-13-6-4-5-7-13)28-17(24)12-8-9-14(21(2)3)15(10-12)22(26)27/h8-11,13H,4-7H2,1-3H3,(H2,19,20,23,25)/t11-/m1/s1. The molecule has 3 amide bonds. The van der Waals surface area contributed by atoms with E-state index in [2.05, 4.69) is 10.6 Å². The first-order valence-corrected chi connectivity index (χ1v) is 8.97. The van der Waals surface area contributed by atoms with E-state index in [4.69, 9.17) is 4.74 Å². The minimum atomic E-state index is -1.24. The van der Waals surface area contributed by atoms with Gasteiger partial charge in [0.1, 0.15) is 5.69 Å². The summed E-state index contributed by atoms with van der Waals surface area (Å²) in [5.41, 5.74) is 0.00998. The second-order valence-electron chi connectivity index (χ2n) is 6.85. The van der Waals surface area contributed by atoms with Crippen LogP contribution in [0.1, 0.15) is 43.0 Å². The Morgan fingerprint density at radius 2 is 1.89 bits per heavy atom. The molecule has 28 heavy (non-hydrogen) atoms.